The normalized spacial score (nSPS) is 43.6. The fourth-order valence-electron chi connectivity index (χ4n) is 20.2. The van der Waals surface area contributed by atoms with Gasteiger partial charge in [0.25, 0.3) is 0 Å². The van der Waals surface area contributed by atoms with Crippen molar-refractivity contribution in [2.45, 2.75) is 379 Å². The maximum absolute atomic E-state index is 14.4. The molecule has 0 amide bonds. The van der Waals surface area contributed by atoms with Gasteiger partial charge in [0.05, 0.1) is 110 Å². The van der Waals surface area contributed by atoms with Gasteiger partial charge in [0.15, 0.2) is 37.4 Å². The molecule has 0 unspecified atom stereocenters. The predicted molar refractivity (Wildman–Crippen MR) is 490 cm³/mol. The second kappa shape index (κ2) is 48.0. The number of carbonyl (C=O) groups is 4. The number of ether oxygens (including phenoxy) is 16. The number of epoxide rings is 2. The van der Waals surface area contributed by atoms with Gasteiger partial charge >= 0.3 is 74.7 Å². The number of nitrogens with zero attached hydrogens (tertiary/aromatic N) is 2. The minimum absolute atomic E-state index is 0. The molecule has 36 atom stereocenters. The van der Waals surface area contributed by atoms with Gasteiger partial charge in [-0.3, -0.25) is 9.59 Å². The zero-order valence-corrected chi connectivity index (χ0v) is 85.5. The molecule has 0 aromatic heterocycles. The summed E-state index contributed by atoms with van der Waals surface area (Å²) in [6, 6.07) is 16.5. The standard InChI is InChI=1S/2C46H76N2O14.CH4.I3/c2*1-13-34-45(10,54)38(50)30(6)47-22-26(2)20-44(9,53)39(28(4)36(29(5)40(51)59-34)60-35-21-43(8,24-49)46(25-56-46)31(7)58-35)62-41-37(33(48(11)12)19-27(3)57-41)61-42(52)55-23-32-17-15-14-16-18-32;;1-3-2/h2*14-18,26-31,33-39,41,47,49-50,53-54H,13,19-25H2,1-12H3;1H4;/q;;;-1/t2*26-,27-,28+,29-,30-,31+,33+,34-,35+,36+,37-,38-,39-,41+,43+,44+,45-,46+;;/m11../s1. The molecule has 0 bridgehead atoms. The van der Waals surface area contributed by atoms with E-state index < -0.39 is 203 Å². The number of hydrogen-bond acceptors (Lipinski definition) is 32. The van der Waals surface area contributed by atoms with Crippen LogP contribution in [0.4, 0.5) is 9.59 Å². The Labute approximate surface area is 789 Å². The molecular formula is C93H156I3N4O28-. The molecule has 10 rings (SSSR count). The molecule has 32 nitrogen and oxygen atoms in total. The first kappa shape index (κ1) is 112. The SMILES string of the molecule is C.CC[C@H]1OC(=O)[C@H](C)[C@@H](O[C@H]2C[C@@](C)(CO)[C@]3(CO3)[C@H](C)O2)[C@H](C)[C@@H](O[C@@H]2O[C@H](C)C[C@H](N(C)C)[C@H]2OC(=O)OCc2ccccc2)[C@@](C)(O)C[C@@H](C)CN[C@H](C)[C@@H](O)[C@]1(C)O.CC[C@H]1OC(=O)[C@H](C)[C@@H](O[C@H]2C[C@@](C)(CO)[C@]3(CO3)[C@H](C)O2)[C@H](C)[C@@H](O[C@@H]2O[C@H](C)C[C@H](N(C)C)[C@H]2OC(=O)OCc2ccccc2)[C@@](C)(O)C[C@@H](C)CN[C@H](C)[C@@H](O)[C@]1(C)O.I[I-]I. The first-order valence-corrected chi connectivity index (χ1v) is 57.8. The van der Waals surface area contributed by atoms with Gasteiger partial charge in [0, 0.05) is 47.6 Å². The molecule has 2 aromatic rings. The van der Waals surface area contributed by atoms with E-state index >= 15 is 0 Å². The van der Waals surface area contributed by atoms with Crippen molar-refractivity contribution in [3.8, 4) is 0 Å². The van der Waals surface area contributed by atoms with E-state index in [1.165, 1.54) is 13.8 Å². The van der Waals surface area contributed by atoms with E-state index in [4.69, 9.17) is 75.8 Å². The molecule has 8 aliphatic rings. The number of halogens is 3. The fourth-order valence-corrected chi connectivity index (χ4v) is 20.2. The summed E-state index contributed by atoms with van der Waals surface area (Å²) in [5, 5.41) is 100.0. The Hall–Kier alpha value is -2.77. The predicted octanol–water partition coefficient (Wildman–Crippen LogP) is 7.25. The van der Waals surface area contributed by atoms with Gasteiger partial charge in [0.2, 0.25) is 0 Å². The van der Waals surface area contributed by atoms with Crippen LogP contribution in [0.3, 0.4) is 0 Å². The molecule has 128 heavy (non-hydrogen) atoms. The summed E-state index contributed by atoms with van der Waals surface area (Å²) in [4.78, 5) is 59.6. The molecule has 8 heterocycles. The number of carbonyl (C=O) groups excluding carboxylic acids is 4. The van der Waals surface area contributed by atoms with E-state index in [0.717, 1.165) is 11.1 Å². The van der Waals surface area contributed by atoms with E-state index in [-0.39, 0.29) is 109 Å². The van der Waals surface area contributed by atoms with Gasteiger partial charge < -0.3 is 137 Å². The average molecular weight is 2160 g/mol. The third kappa shape index (κ3) is 27.4. The topological polar surface area (TPSA) is 415 Å². The van der Waals surface area contributed by atoms with Crippen LogP contribution < -0.4 is 23.9 Å². The summed E-state index contributed by atoms with van der Waals surface area (Å²) in [6.45, 7) is 36.6. The van der Waals surface area contributed by atoms with E-state index in [2.05, 4.69) is 47.9 Å². The molecule has 8 fully saturated rings. The van der Waals surface area contributed by atoms with Crippen molar-refractivity contribution in [1.82, 2.24) is 20.4 Å². The van der Waals surface area contributed by atoms with E-state index in [0.29, 0.717) is 52.4 Å². The third-order valence-corrected chi connectivity index (χ3v) is 28.2. The number of aliphatic hydroxyl groups is 8. The molecule has 738 valence electrons. The van der Waals surface area contributed by atoms with Crippen LogP contribution in [-0.2, 0) is 98.6 Å². The quantitative estimate of drug-likeness (QED) is 0.0270. The molecule has 0 radical (unpaired) electrons. The molecule has 8 aliphatic heterocycles. The Morgan fingerprint density at radius 3 is 1.12 bits per heavy atom. The molecule has 35 heteroatoms. The number of benzene rings is 2. The van der Waals surface area contributed by atoms with Gasteiger partial charge in [-0.05, 0) is 186 Å². The number of nitrogens with one attached hydrogen (secondary N) is 2. The Morgan fingerprint density at radius 1 is 0.508 bits per heavy atom. The Kier molecular flexibility index (Phi) is 42.1. The van der Waals surface area contributed by atoms with Crippen molar-refractivity contribution < 1.29 is 149 Å². The van der Waals surface area contributed by atoms with Gasteiger partial charge in [-0.1, -0.05) is 123 Å². The van der Waals surface area contributed by atoms with Crippen molar-refractivity contribution >= 4 is 61.5 Å². The monoisotopic (exact) mass is 2160 g/mol. The van der Waals surface area contributed by atoms with Crippen LogP contribution in [0.25, 0.3) is 0 Å². The van der Waals surface area contributed by atoms with Gasteiger partial charge in [-0.2, -0.15) is 0 Å². The van der Waals surface area contributed by atoms with E-state index in [1.807, 2.05) is 168 Å². The Balaban J connectivity index is 0.000000338. The van der Waals surface area contributed by atoms with Crippen molar-refractivity contribution in [2.75, 3.05) is 67.7 Å². The van der Waals surface area contributed by atoms with Crippen LogP contribution in [-0.4, -0.2) is 311 Å². The number of cyclic esters (lactones) is 2. The molecule has 0 saturated carbocycles. The molecular weight excluding hydrogens is 2000 g/mol. The van der Waals surface area contributed by atoms with Gasteiger partial charge in [-0.15, -0.1) is 0 Å². The average Bonchev–Trinajstić information content (AvgIpc) is 1.56. The van der Waals surface area contributed by atoms with Crippen molar-refractivity contribution in [3.63, 3.8) is 0 Å². The molecule has 2 spiro atoms. The van der Waals surface area contributed by atoms with Crippen molar-refractivity contribution in [1.29, 1.82) is 0 Å². The number of likely N-dealkylation sites (N-methyl/N-ethyl adjacent to an activating group) is 2. The second-order valence-electron chi connectivity index (χ2n) is 39.4. The summed E-state index contributed by atoms with van der Waals surface area (Å²) >= 11 is 5.30. The zero-order valence-electron chi connectivity index (χ0n) is 79.0. The van der Waals surface area contributed by atoms with E-state index in [1.54, 1.807) is 55.4 Å². The number of hydrogen-bond donors (Lipinski definition) is 10. The second-order valence-corrected chi connectivity index (χ2v) is 55.6. The van der Waals surface area contributed by atoms with Gasteiger partial charge in [-0.25, -0.2) is 9.59 Å². The first-order chi connectivity index (χ1) is 59.4. The summed E-state index contributed by atoms with van der Waals surface area (Å²) in [6.07, 6.45) is -16.8. The Morgan fingerprint density at radius 2 is 0.828 bits per heavy atom. The minimum atomic E-state index is -1.84. The zero-order chi connectivity index (χ0) is 94.6. The van der Waals surface area contributed by atoms with Crippen LogP contribution in [0, 0.1) is 46.3 Å². The summed E-state index contributed by atoms with van der Waals surface area (Å²) in [5.41, 5.74) is -8.25. The van der Waals surface area contributed by atoms with Crippen LogP contribution in [0.5, 0.6) is 0 Å². The van der Waals surface area contributed by atoms with Crippen LogP contribution in [0.1, 0.15) is 208 Å². The third-order valence-electron chi connectivity index (χ3n) is 28.2. The first-order valence-electron chi connectivity index (χ1n) is 45.2. The van der Waals surface area contributed by atoms with Crippen molar-refractivity contribution in [3.05, 3.63) is 71.8 Å². The van der Waals surface area contributed by atoms with Gasteiger partial charge in [0.1, 0.15) is 60.0 Å². The van der Waals surface area contributed by atoms with E-state index in [9.17, 15) is 60.0 Å². The van der Waals surface area contributed by atoms with Crippen molar-refractivity contribution in [2.24, 2.45) is 46.3 Å². The number of rotatable bonds is 20. The Bertz CT molecular complexity index is 3490. The number of aliphatic hydroxyl groups excluding tert-OH is 4. The van der Waals surface area contributed by atoms with Crippen LogP contribution in [0.2, 0.25) is 0 Å². The summed E-state index contributed by atoms with van der Waals surface area (Å²) < 4.78 is 101. The van der Waals surface area contributed by atoms with Crippen LogP contribution >= 0.6 is 37.2 Å². The maximum atomic E-state index is 14.4. The summed E-state index contributed by atoms with van der Waals surface area (Å²) in [5.74, 6) is -5.60. The number of esters is 2. The molecule has 8 saturated heterocycles. The molecule has 0 aliphatic carbocycles. The van der Waals surface area contributed by atoms with Crippen LogP contribution in [0.15, 0.2) is 60.7 Å². The molecule has 2 aromatic carbocycles. The summed E-state index contributed by atoms with van der Waals surface area (Å²) in [7, 11) is 7.50. The molecule has 10 N–H and O–H groups in total. The fraction of sp³-hybridized carbons (Fsp3) is 0.828.